The number of carbonyl (C=O) groups is 1. The van der Waals surface area contributed by atoms with Crippen LogP contribution in [0.5, 0.6) is 11.5 Å². The molecule has 1 heterocycles. The van der Waals surface area contributed by atoms with E-state index in [9.17, 15) is 4.79 Å². The van der Waals surface area contributed by atoms with Gasteiger partial charge in [0.2, 0.25) is 5.91 Å². The number of fused-ring (bicyclic) bond motifs is 1. The molecule has 1 unspecified atom stereocenters. The molecular weight excluding hydrogens is 325 g/mol. The molecule has 0 aromatic heterocycles. The summed E-state index contributed by atoms with van der Waals surface area (Å²) in [7, 11) is 0. The summed E-state index contributed by atoms with van der Waals surface area (Å²) in [6.45, 7) is 1.32. The Labute approximate surface area is 131 Å². The molecule has 20 heavy (non-hydrogen) atoms. The van der Waals surface area contributed by atoms with Crippen LogP contribution < -0.4 is 14.8 Å². The van der Waals surface area contributed by atoms with Crippen LogP contribution in [-0.4, -0.2) is 23.5 Å². The summed E-state index contributed by atoms with van der Waals surface area (Å²) in [5, 5.41) is 3.26. The molecule has 1 aliphatic carbocycles. The zero-order valence-electron chi connectivity index (χ0n) is 10.4. The molecule has 3 rings (SSSR count). The Kier molecular flexibility index (Phi) is 3.65. The van der Waals surface area contributed by atoms with Gasteiger partial charge in [-0.15, -0.1) is 23.2 Å². The molecule has 1 N–H and O–H groups in total. The van der Waals surface area contributed by atoms with Gasteiger partial charge in [-0.2, -0.15) is 0 Å². The standard InChI is InChI=1S/C13H12Cl3NO3/c14-9-3-7(4-10-11(9)20-2-1-19-10)6-17-12(18)8-5-13(8,15)16/h3-4,8H,1-2,5-6H2,(H,17,18). The molecule has 2 aliphatic rings. The SMILES string of the molecule is O=C(NCc1cc(Cl)c2c(c1)OCCO2)C1CC1(Cl)Cl. The molecule has 0 spiro atoms. The Hall–Kier alpha value is -0.840. The Morgan fingerprint density at radius 1 is 1.35 bits per heavy atom. The van der Waals surface area contributed by atoms with Crippen molar-refractivity contribution >= 4 is 40.7 Å². The first kappa shape index (κ1) is 14.1. The summed E-state index contributed by atoms with van der Waals surface area (Å²) in [5.74, 6) is 0.665. The van der Waals surface area contributed by atoms with Crippen LogP contribution in [0.4, 0.5) is 0 Å². The van der Waals surface area contributed by atoms with Gasteiger partial charge in [0.1, 0.15) is 17.5 Å². The van der Waals surface area contributed by atoms with Gasteiger partial charge in [-0.1, -0.05) is 11.6 Å². The summed E-state index contributed by atoms with van der Waals surface area (Å²) in [6.07, 6.45) is 0.490. The van der Waals surface area contributed by atoms with Crippen LogP contribution in [-0.2, 0) is 11.3 Å². The first-order valence-electron chi connectivity index (χ1n) is 6.21. The average molecular weight is 337 g/mol. The number of hydrogen-bond donors (Lipinski definition) is 1. The van der Waals surface area contributed by atoms with Crippen molar-refractivity contribution in [1.29, 1.82) is 0 Å². The fourth-order valence-corrected chi connectivity index (χ4v) is 2.87. The molecule has 7 heteroatoms. The highest BCUT2D eigenvalue weighted by Crippen LogP contribution is 2.53. The lowest BCUT2D eigenvalue weighted by atomic mass is 10.2. The van der Waals surface area contributed by atoms with E-state index in [1.165, 1.54) is 0 Å². The third-order valence-corrected chi connectivity index (χ3v) is 4.38. The Morgan fingerprint density at radius 2 is 2.05 bits per heavy atom. The van der Waals surface area contributed by atoms with Crippen LogP contribution >= 0.6 is 34.8 Å². The van der Waals surface area contributed by atoms with Crippen molar-refractivity contribution < 1.29 is 14.3 Å². The summed E-state index contributed by atoms with van der Waals surface area (Å²) in [6, 6.07) is 3.55. The lowest BCUT2D eigenvalue weighted by Crippen LogP contribution is -2.26. The highest BCUT2D eigenvalue weighted by molar-refractivity contribution is 6.52. The Balaban J connectivity index is 1.66. The summed E-state index contributed by atoms with van der Waals surface area (Å²) < 4.78 is 10.0. The predicted octanol–water partition coefficient (Wildman–Crippen LogP) is 2.92. The van der Waals surface area contributed by atoms with Gasteiger partial charge in [-0.3, -0.25) is 4.79 Å². The zero-order chi connectivity index (χ0) is 14.3. The lowest BCUT2D eigenvalue weighted by Gasteiger charge is -2.20. The third-order valence-electron chi connectivity index (χ3n) is 3.27. The molecule has 0 bridgehead atoms. The summed E-state index contributed by atoms with van der Waals surface area (Å²) >= 11 is 17.8. The topological polar surface area (TPSA) is 47.6 Å². The molecule has 108 valence electrons. The fourth-order valence-electron chi connectivity index (χ4n) is 2.08. The number of nitrogens with one attached hydrogen (secondary N) is 1. The second-order valence-corrected chi connectivity index (χ2v) is 6.79. The minimum absolute atomic E-state index is 0.152. The van der Waals surface area contributed by atoms with E-state index in [1.54, 1.807) is 6.07 Å². The van der Waals surface area contributed by atoms with Crippen molar-refractivity contribution in [3.8, 4) is 11.5 Å². The number of rotatable bonds is 3. The molecule has 1 aromatic carbocycles. The molecule has 1 aromatic rings. The van der Waals surface area contributed by atoms with Crippen LogP contribution in [0.25, 0.3) is 0 Å². The van der Waals surface area contributed by atoms with Crippen molar-refractivity contribution in [2.45, 2.75) is 17.3 Å². The van der Waals surface area contributed by atoms with E-state index in [4.69, 9.17) is 44.3 Å². The molecule has 4 nitrogen and oxygen atoms in total. The number of carbonyl (C=O) groups excluding carboxylic acids is 1. The first-order valence-corrected chi connectivity index (χ1v) is 7.34. The van der Waals surface area contributed by atoms with Crippen LogP contribution in [0.15, 0.2) is 12.1 Å². The van der Waals surface area contributed by atoms with E-state index in [2.05, 4.69) is 5.32 Å². The van der Waals surface area contributed by atoms with Gasteiger partial charge < -0.3 is 14.8 Å². The number of amides is 1. The van der Waals surface area contributed by atoms with Crippen molar-refractivity contribution in [3.05, 3.63) is 22.7 Å². The Morgan fingerprint density at radius 3 is 2.75 bits per heavy atom. The number of halogens is 3. The lowest BCUT2D eigenvalue weighted by molar-refractivity contribution is -0.122. The largest absolute Gasteiger partial charge is 0.486 e. The maximum absolute atomic E-state index is 11.8. The van der Waals surface area contributed by atoms with Gasteiger partial charge in [0.05, 0.1) is 10.9 Å². The van der Waals surface area contributed by atoms with Crippen LogP contribution in [0.1, 0.15) is 12.0 Å². The van der Waals surface area contributed by atoms with Gasteiger partial charge in [-0.05, 0) is 24.1 Å². The van der Waals surface area contributed by atoms with Crippen molar-refractivity contribution in [1.82, 2.24) is 5.32 Å². The molecule has 1 atom stereocenters. The number of hydrogen-bond acceptors (Lipinski definition) is 3. The molecule has 1 amide bonds. The Bertz CT molecular complexity index is 562. The fraction of sp³-hybridized carbons (Fsp3) is 0.462. The minimum atomic E-state index is -0.908. The van der Waals surface area contributed by atoms with Crippen molar-refractivity contribution in [2.75, 3.05) is 13.2 Å². The molecule has 0 saturated heterocycles. The highest BCUT2D eigenvalue weighted by atomic mass is 35.5. The smallest absolute Gasteiger partial charge is 0.226 e. The van der Waals surface area contributed by atoms with E-state index in [0.717, 1.165) is 5.56 Å². The van der Waals surface area contributed by atoms with E-state index in [1.807, 2.05) is 6.07 Å². The van der Waals surface area contributed by atoms with Crippen molar-refractivity contribution in [2.24, 2.45) is 5.92 Å². The molecule has 1 saturated carbocycles. The number of alkyl halides is 2. The van der Waals surface area contributed by atoms with Gasteiger partial charge in [0.25, 0.3) is 0 Å². The second-order valence-electron chi connectivity index (χ2n) is 4.84. The van der Waals surface area contributed by atoms with Crippen LogP contribution in [0, 0.1) is 5.92 Å². The van der Waals surface area contributed by atoms with Gasteiger partial charge >= 0.3 is 0 Å². The van der Waals surface area contributed by atoms with Gasteiger partial charge in [0, 0.05) is 6.54 Å². The maximum Gasteiger partial charge on any atom is 0.226 e. The van der Waals surface area contributed by atoms with E-state index in [-0.39, 0.29) is 11.8 Å². The molecular formula is C13H12Cl3NO3. The molecule has 0 radical (unpaired) electrons. The van der Waals surface area contributed by atoms with E-state index in [0.29, 0.717) is 42.7 Å². The normalized spacial score (nSPS) is 22.2. The van der Waals surface area contributed by atoms with Gasteiger partial charge in [-0.25, -0.2) is 0 Å². The van der Waals surface area contributed by atoms with Crippen LogP contribution in [0.2, 0.25) is 5.02 Å². The molecule has 1 aliphatic heterocycles. The van der Waals surface area contributed by atoms with Crippen molar-refractivity contribution in [3.63, 3.8) is 0 Å². The van der Waals surface area contributed by atoms with Crippen LogP contribution in [0.3, 0.4) is 0 Å². The quantitative estimate of drug-likeness (QED) is 0.863. The van der Waals surface area contributed by atoms with E-state index >= 15 is 0 Å². The number of ether oxygens (including phenoxy) is 2. The monoisotopic (exact) mass is 335 g/mol. The average Bonchev–Trinajstić information content (AvgIpc) is 3.05. The maximum atomic E-state index is 11.8. The first-order chi connectivity index (χ1) is 9.47. The third kappa shape index (κ3) is 2.78. The predicted molar refractivity (Wildman–Crippen MR) is 76.8 cm³/mol. The second kappa shape index (κ2) is 5.17. The summed E-state index contributed by atoms with van der Waals surface area (Å²) in [5.41, 5.74) is 0.836. The molecule has 1 fully saturated rings. The zero-order valence-corrected chi connectivity index (χ0v) is 12.7. The highest BCUT2D eigenvalue weighted by Gasteiger charge is 2.56. The minimum Gasteiger partial charge on any atom is -0.486 e. The number of benzene rings is 1. The van der Waals surface area contributed by atoms with E-state index < -0.39 is 4.33 Å². The summed E-state index contributed by atoms with van der Waals surface area (Å²) in [4.78, 5) is 11.8. The van der Waals surface area contributed by atoms with Gasteiger partial charge in [0.15, 0.2) is 11.5 Å².